The van der Waals surface area contributed by atoms with Gasteiger partial charge in [-0.05, 0) is 37.8 Å². The number of hydrogen-bond donors (Lipinski definition) is 0. The molecule has 1 aliphatic rings. The molecule has 1 saturated heterocycles. The zero-order valence-corrected chi connectivity index (χ0v) is 15.4. The molecule has 1 aromatic carbocycles. The molecule has 2 heterocycles. The summed E-state index contributed by atoms with van der Waals surface area (Å²) >= 11 is 9.68. The fourth-order valence-electron chi connectivity index (χ4n) is 2.70. The number of thioether (sulfide) groups is 1. The summed E-state index contributed by atoms with van der Waals surface area (Å²) in [6, 6.07) is 7.28. The monoisotopic (exact) mass is 366 g/mol. The number of piperidine rings is 1. The molecule has 0 bridgehead atoms. The summed E-state index contributed by atoms with van der Waals surface area (Å²) in [4.78, 5) is 19.0. The zero-order chi connectivity index (χ0) is 16.2. The van der Waals surface area contributed by atoms with Gasteiger partial charge in [-0.1, -0.05) is 35.5 Å². The SMILES string of the molecule is Cc1csc(SCC2CCN(C(=O)c3ccccc3Cl)CC2)n1. The maximum atomic E-state index is 12.5. The van der Waals surface area contributed by atoms with E-state index in [1.54, 1.807) is 23.5 Å². The number of carbonyl (C=O) groups is 1. The smallest absolute Gasteiger partial charge is 0.255 e. The summed E-state index contributed by atoms with van der Waals surface area (Å²) in [5.41, 5.74) is 1.71. The van der Waals surface area contributed by atoms with Gasteiger partial charge in [0.25, 0.3) is 5.91 Å². The van der Waals surface area contributed by atoms with Gasteiger partial charge in [-0.2, -0.15) is 0 Å². The highest BCUT2D eigenvalue weighted by molar-refractivity contribution is 8.01. The van der Waals surface area contributed by atoms with Crippen molar-refractivity contribution in [3.05, 3.63) is 45.9 Å². The highest BCUT2D eigenvalue weighted by Crippen LogP contribution is 2.29. The number of halogens is 1. The van der Waals surface area contributed by atoms with Gasteiger partial charge in [-0.3, -0.25) is 4.79 Å². The van der Waals surface area contributed by atoms with Gasteiger partial charge in [0.1, 0.15) is 4.34 Å². The third kappa shape index (κ3) is 4.28. The standard InChI is InChI=1S/C17H19ClN2OS2/c1-12-10-22-17(19-12)23-11-13-6-8-20(9-7-13)16(21)14-4-2-3-5-15(14)18/h2-5,10,13H,6-9,11H2,1H3. The number of aryl methyl sites for hydroxylation is 1. The molecule has 0 saturated carbocycles. The lowest BCUT2D eigenvalue weighted by Gasteiger charge is -2.32. The maximum absolute atomic E-state index is 12.5. The molecule has 0 radical (unpaired) electrons. The lowest BCUT2D eigenvalue weighted by atomic mass is 9.98. The van der Waals surface area contributed by atoms with Gasteiger partial charge in [0.2, 0.25) is 0 Å². The molecule has 6 heteroatoms. The Morgan fingerprint density at radius 3 is 2.78 bits per heavy atom. The summed E-state index contributed by atoms with van der Waals surface area (Å²) in [6.45, 7) is 3.65. The Kier molecular flexibility index (Phi) is 5.62. The molecule has 2 aromatic rings. The number of rotatable bonds is 4. The molecular weight excluding hydrogens is 348 g/mol. The van der Waals surface area contributed by atoms with E-state index in [4.69, 9.17) is 11.6 Å². The molecule has 0 spiro atoms. The Morgan fingerprint density at radius 1 is 1.39 bits per heavy atom. The van der Waals surface area contributed by atoms with Gasteiger partial charge in [0, 0.05) is 29.9 Å². The van der Waals surface area contributed by atoms with Crippen molar-refractivity contribution in [1.29, 1.82) is 0 Å². The van der Waals surface area contributed by atoms with Crippen LogP contribution in [0.25, 0.3) is 0 Å². The van der Waals surface area contributed by atoms with Crippen LogP contribution in [0.3, 0.4) is 0 Å². The predicted octanol–water partition coefficient (Wildman–Crippen LogP) is 4.75. The molecule has 1 aliphatic heterocycles. The average Bonchev–Trinajstić information content (AvgIpc) is 2.99. The van der Waals surface area contributed by atoms with Gasteiger partial charge < -0.3 is 4.90 Å². The Balaban J connectivity index is 1.50. The molecule has 1 fully saturated rings. The van der Waals surface area contributed by atoms with Crippen LogP contribution in [0.4, 0.5) is 0 Å². The summed E-state index contributed by atoms with van der Waals surface area (Å²) in [5, 5.41) is 2.63. The molecular formula is C17H19ClN2OS2. The first-order valence-corrected chi connectivity index (χ1v) is 9.96. The van der Waals surface area contributed by atoms with E-state index in [-0.39, 0.29) is 5.91 Å². The third-order valence-corrected chi connectivity index (χ3v) is 6.75. The minimum atomic E-state index is 0.0530. The van der Waals surface area contributed by atoms with Crippen molar-refractivity contribution in [1.82, 2.24) is 9.88 Å². The van der Waals surface area contributed by atoms with Gasteiger partial charge in [0.15, 0.2) is 0 Å². The fraction of sp³-hybridized carbons (Fsp3) is 0.412. The molecule has 1 aromatic heterocycles. The van der Waals surface area contributed by atoms with Crippen molar-refractivity contribution in [2.75, 3.05) is 18.8 Å². The molecule has 122 valence electrons. The van der Waals surface area contributed by atoms with Crippen molar-refractivity contribution in [2.45, 2.75) is 24.1 Å². The van der Waals surface area contributed by atoms with Crippen molar-refractivity contribution in [2.24, 2.45) is 5.92 Å². The number of hydrogen-bond acceptors (Lipinski definition) is 4. The van der Waals surface area contributed by atoms with E-state index in [0.29, 0.717) is 16.5 Å². The Hall–Kier alpha value is -1.04. The predicted molar refractivity (Wildman–Crippen MR) is 97.7 cm³/mol. The summed E-state index contributed by atoms with van der Waals surface area (Å²) < 4.78 is 1.15. The van der Waals surface area contributed by atoms with Gasteiger partial charge in [-0.25, -0.2) is 4.98 Å². The van der Waals surface area contributed by atoms with E-state index in [0.717, 1.165) is 41.7 Å². The molecule has 23 heavy (non-hydrogen) atoms. The van der Waals surface area contributed by atoms with Crippen LogP contribution in [0.1, 0.15) is 28.9 Å². The van der Waals surface area contributed by atoms with Crippen LogP contribution in [0.2, 0.25) is 5.02 Å². The topological polar surface area (TPSA) is 33.2 Å². The molecule has 0 atom stereocenters. The van der Waals surface area contributed by atoms with E-state index in [1.807, 2.05) is 35.7 Å². The van der Waals surface area contributed by atoms with Crippen LogP contribution >= 0.6 is 34.7 Å². The first-order valence-electron chi connectivity index (χ1n) is 7.72. The molecule has 0 unspecified atom stereocenters. The highest BCUT2D eigenvalue weighted by atomic mass is 35.5. The molecule has 3 nitrogen and oxygen atoms in total. The van der Waals surface area contributed by atoms with E-state index in [9.17, 15) is 4.79 Å². The maximum Gasteiger partial charge on any atom is 0.255 e. The van der Waals surface area contributed by atoms with Crippen LogP contribution in [0.15, 0.2) is 34.0 Å². The number of nitrogens with zero attached hydrogens (tertiary/aromatic N) is 2. The number of amides is 1. The minimum absolute atomic E-state index is 0.0530. The van der Waals surface area contributed by atoms with Gasteiger partial charge in [-0.15, -0.1) is 11.3 Å². The van der Waals surface area contributed by atoms with Crippen molar-refractivity contribution >= 4 is 40.6 Å². The van der Waals surface area contributed by atoms with Gasteiger partial charge >= 0.3 is 0 Å². The largest absolute Gasteiger partial charge is 0.339 e. The lowest BCUT2D eigenvalue weighted by Crippen LogP contribution is -2.39. The second-order valence-corrected chi connectivity index (χ2v) is 8.31. The van der Waals surface area contributed by atoms with E-state index in [1.165, 1.54) is 0 Å². The lowest BCUT2D eigenvalue weighted by molar-refractivity contribution is 0.0699. The number of benzene rings is 1. The number of thiazole rings is 1. The minimum Gasteiger partial charge on any atom is -0.339 e. The molecule has 0 aliphatic carbocycles. The first kappa shape index (κ1) is 16.8. The van der Waals surface area contributed by atoms with Crippen LogP contribution in [-0.2, 0) is 0 Å². The summed E-state index contributed by atoms with van der Waals surface area (Å²) in [6.07, 6.45) is 2.10. The molecule has 3 rings (SSSR count). The van der Waals surface area contributed by atoms with Crippen molar-refractivity contribution < 1.29 is 4.79 Å². The van der Waals surface area contributed by atoms with Crippen molar-refractivity contribution in [3.8, 4) is 0 Å². The highest BCUT2D eigenvalue weighted by Gasteiger charge is 2.24. The Bertz CT molecular complexity index is 681. The molecule has 1 amide bonds. The number of carbonyl (C=O) groups excluding carboxylic acids is 1. The van der Waals surface area contributed by atoms with Crippen LogP contribution in [0, 0.1) is 12.8 Å². The van der Waals surface area contributed by atoms with E-state index >= 15 is 0 Å². The summed E-state index contributed by atoms with van der Waals surface area (Å²) in [5.74, 6) is 1.79. The van der Waals surface area contributed by atoms with Crippen LogP contribution < -0.4 is 0 Å². The average molecular weight is 367 g/mol. The first-order chi connectivity index (χ1) is 11.1. The fourth-order valence-corrected chi connectivity index (χ4v) is 4.97. The summed E-state index contributed by atoms with van der Waals surface area (Å²) in [7, 11) is 0. The van der Waals surface area contributed by atoms with E-state index in [2.05, 4.69) is 10.4 Å². The Morgan fingerprint density at radius 2 is 2.13 bits per heavy atom. The zero-order valence-electron chi connectivity index (χ0n) is 13.0. The number of aromatic nitrogens is 1. The second kappa shape index (κ2) is 7.69. The quantitative estimate of drug-likeness (QED) is 0.732. The second-order valence-electron chi connectivity index (χ2n) is 5.78. The van der Waals surface area contributed by atoms with Crippen LogP contribution in [-0.4, -0.2) is 34.6 Å². The molecule has 0 N–H and O–H groups in total. The van der Waals surface area contributed by atoms with Crippen molar-refractivity contribution in [3.63, 3.8) is 0 Å². The number of likely N-dealkylation sites (tertiary alicyclic amines) is 1. The van der Waals surface area contributed by atoms with Gasteiger partial charge in [0.05, 0.1) is 10.6 Å². The normalized spacial score (nSPS) is 15.8. The Labute approximate surface area is 150 Å². The third-order valence-electron chi connectivity index (χ3n) is 4.05. The van der Waals surface area contributed by atoms with E-state index < -0.39 is 0 Å². The van der Waals surface area contributed by atoms with Crippen LogP contribution in [0.5, 0.6) is 0 Å².